The summed E-state index contributed by atoms with van der Waals surface area (Å²) in [5.74, 6) is 0.994. The average molecular weight is 217 g/mol. The van der Waals surface area contributed by atoms with Crippen LogP contribution in [-0.2, 0) is 20.0 Å². The zero-order valence-corrected chi connectivity index (χ0v) is 9.55. The van der Waals surface area contributed by atoms with Gasteiger partial charge in [0.15, 0.2) is 0 Å². The third-order valence-electron chi connectivity index (χ3n) is 2.71. The van der Waals surface area contributed by atoms with Gasteiger partial charge in [-0.05, 0) is 13.0 Å². The van der Waals surface area contributed by atoms with Gasteiger partial charge in [0.25, 0.3) is 5.56 Å². The Morgan fingerprint density at radius 1 is 1.38 bits per heavy atom. The van der Waals surface area contributed by atoms with Crippen molar-refractivity contribution in [3.05, 3.63) is 52.5 Å². The summed E-state index contributed by atoms with van der Waals surface area (Å²) in [6.45, 7) is 2.50. The largest absolute Gasteiger partial charge is 0.338 e. The maximum absolute atomic E-state index is 11.7. The molecule has 0 saturated heterocycles. The van der Waals surface area contributed by atoms with Gasteiger partial charge >= 0.3 is 0 Å². The lowest BCUT2D eigenvalue weighted by Crippen LogP contribution is -2.22. The highest BCUT2D eigenvalue weighted by atomic mass is 16.1. The van der Waals surface area contributed by atoms with E-state index in [9.17, 15) is 4.79 Å². The van der Waals surface area contributed by atoms with E-state index in [1.807, 2.05) is 43.1 Å². The molecule has 0 unspecified atom stereocenters. The summed E-state index contributed by atoms with van der Waals surface area (Å²) in [4.78, 5) is 16.0. The predicted molar refractivity (Wildman–Crippen MR) is 62.4 cm³/mol. The minimum atomic E-state index is 0.0803. The van der Waals surface area contributed by atoms with Gasteiger partial charge in [0.2, 0.25) is 0 Å². The molecule has 0 amide bonds. The van der Waals surface area contributed by atoms with Crippen LogP contribution in [0.5, 0.6) is 0 Å². The zero-order valence-electron chi connectivity index (χ0n) is 9.55. The van der Waals surface area contributed by atoms with Gasteiger partial charge < -0.3 is 9.13 Å². The number of aryl methyl sites for hydroxylation is 4. The Balaban J connectivity index is 2.14. The van der Waals surface area contributed by atoms with Gasteiger partial charge in [-0.15, -0.1) is 0 Å². The van der Waals surface area contributed by atoms with E-state index in [2.05, 4.69) is 4.98 Å². The van der Waals surface area contributed by atoms with Crippen molar-refractivity contribution in [3.8, 4) is 0 Å². The van der Waals surface area contributed by atoms with Crippen LogP contribution in [0, 0.1) is 6.92 Å². The van der Waals surface area contributed by atoms with Gasteiger partial charge in [0.1, 0.15) is 5.82 Å². The molecule has 0 radical (unpaired) electrons. The SMILES string of the molecule is Cc1cccn(CCc2nccn2C)c1=O. The molecule has 2 heterocycles. The second kappa shape index (κ2) is 4.35. The molecule has 0 N–H and O–H groups in total. The number of rotatable bonds is 3. The van der Waals surface area contributed by atoms with Crippen LogP contribution in [0.25, 0.3) is 0 Å². The van der Waals surface area contributed by atoms with Crippen molar-refractivity contribution >= 4 is 0 Å². The highest BCUT2D eigenvalue weighted by Gasteiger charge is 2.02. The molecular weight excluding hydrogens is 202 g/mol. The summed E-state index contributed by atoms with van der Waals surface area (Å²) in [6.07, 6.45) is 6.27. The van der Waals surface area contributed by atoms with Gasteiger partial charge in [-0.1, -0.05) is 6.07 Å². The van der Waals surface area contributed by atoms with Crippen molar-refractivity contribution < 1.29 is 0 Å². The lowest BCUT2D eigenvalue weighted by atomic mass is 10.3. The summed E-state index contributed by atoms with van der Waals surface area (Å²) in [7, 11) is 1.96. The first-order chi connectivity index (χ1) is 7.68. The first-order valence-electron chi connectivity index (χ1n) is 5.31. The van der Waals surface area contributed by atoms with E-state index in [4.69, 9.17) is 0 Å². The molecular formula is C12H15N3O. The average Bonchev–Trinajstić information content (AvgIpc) is 2.67. The number of nitrogens with zero attached hydrogens (tertiary/aromatic N) is 3. The predicted octanol–water partition coefficient (Wildman–Crippen LogP) is 1.13. The van der Waals surface area contributed by atoms with Crippen LogP contribution in [-0.4, -0.2) is 14.1 Å². The maximum Gasteiger partial charge on any atom is 0.253 e. The molecule has 4 nitrogen and oxygen atoms in total. The Labute approximate surface area is 94.2 Å². The van der Waals surface area contributed by atoms with E-state index in [1.165, 1.54) is 0 Å². The highest BCUT2D eigenvalue weighted by Crippen LogP contribution is 1.98. The van der Waals surface area contributed by atoms with Crippen LogP contribution < -0.4 is 5.56 Å². The number of imidazole rings is 1. The van der Waals surface area contributed by atoms with E-state index in [0.717, 1.165) is 17.8 Å². The van der Waals surface area contributed by atoms with Crippen LogP contribution in [0.1, 0.15) is 11.4 Å². The third kappa shape index (κ3) is 2.05. The number of pyridine rings is 1. The maximum atomic E-state index is 11.7. The molecule has 2 aromatic heterocycles. The number of hydrogen-bond acceptors (Lipinski definition) is 2. The molecule has 16 heavy (non-hydrogen) atoms. The fourth-order valence-electron chi connectivity index (χ4n) is 1.69. The monoisotopic (exact) mass is 217 g/mol. The van der Waals surface area contributed by atoms with Crippen molar-refractivity contribution in [2.45, 2.75) is 19.9 Å². The second-order valence-electron chi connectivity index (χ2n) is 3.89. The molecule has 0 spiro atoms. The number of aromatic nitrogens is 3. The second-order valence-corrected chi connectivity index (χ2v) is 3.89. The molecule has 4 heteroatoms. The Kier molecular flexibility index (Phi) is 2.90. The standard InChI is InChI=1S/C12H15N3O/c1-10-4-3-7-15(12(10)16)8-5-11-13-6-9-14(11)2/h3-4,6-7,9H,5,8H2,1-2H3. The minimum absolute atomic E-state index is 0.0803. The van der Waals surface area contributed by atoms with Gasteiger partial charge in [-0.3, -0.25) is 4.79 Å². The van der Waals surface area contributed by atoms with Crippen LogP contribution in [0.2, 0.25) is 0 Å². The number of hydrogen-bond donors (Lipinski definition) is 0. The van der Waals surface area contributed by atoms with E-state index in [0.29, 0.717) is 6.54 Å². The van der Waals surface area contributed by atoms with Gasteiger partial charge in [0.05, 0.1) is 0 Å². The van der Waals surface area contributed by atoms with E-state index < -0.39 is 0 Å². The van der Waals surface area contributed by atoms with E-state index in [1.54, 1.807) is 10.8 Å². The molecule has 2 aromatic rings. The van der Waals surface area contributed by atoms with Crippen molar-refractivity contribution in [3.63, 3.8) is 0 Å². The summed E-state index contributed by atoms with van der Waals surface area (Å²) in [6, 6.07) is 3.73. The van der Waals surface area contributed by atoms with Crippen molar-refractivity contribution in [2.75, 3.05) is 0 Å². The summed E-state index contributed by atoms with van der Waals surface area (Å²) in [5, 5.41) is 0. The molecule has 0 aliphatic rings. The van der Waals surface area contributed by atoms with Crippen molar-refractivity contribution in [2.24, 2.45) is 7.05 Å². The molecule has 0 aromatic carbocycles. The molecule has 0 atom stereocenters. The fourth-order valence-corrected chi connectivity index (χ4v) is 1.69. The smallest absolute Gasteiger partial charge is 0.253 e. The van der Waals surface area contributed by atoms with Gasteiger partial charge in [-0.2, -0.15) is 0 Å². The molecule has 2 rings (SSSR count). The Morgan fingerprint density at radius 2 is 2.19 bits per heavy atom. The molecule has 0 bridgehead atoms. The first-order valence-corrected chi connectivity index (χ1v) is 5.31. The van der Waals surface area contributed by atoms with Crippen LogP contribution in [0.15, 0.2) is 35.5 Å². The Bertz CT molecular complexity index is 539. The van der Waals surface area contributed by atoms with Crippen LogP contribution in [0.4, 0.5) is 0 Å². The van der Waals surface area contributed by atoms with E-state index in [-0.39, 0.29) is 5.56 Å². The zero-order chi connectivity index (χ0) is 11.5. The highest BCUT2D eigenvalue weighted by molar-refractivity contribution is 5.07. The summed E-state index contributed by atoms with van der Waals surface area (Å²) < 4.78 is 3.70. The Hall–Kier alpha value is -1.84. The summed E-state index contributed by atoms with van der Waals surface area (Å²) in [5.41, 5.74) is 0.860. The molecule has 0 saturated carbocycles. The minimum Gasteiger partial charge on any atom is -0.338 e. The molecule has 84 valence electrons. The topological polar surface area (TPSA) is 39.8 Å². The van der Waals surface area contributed by atoms with Gasteiger partial charge in [-0.25, -0.2) is 4.98 Å². The summed E-state index contributed by atoms with van der Waals surface area (Å²) >= 11 is 0. The Morgan fingerprint density at radius 3 is 2.88 bits per heavy atom. The van der Waals surface area contributed by atoms with Gasteiger partial charge in [0, 0.05) is 44.2 Å². The molecule has 0 aliphatic heterocycles. The normalized spacial score (nSPS) is 10.6. The lowest BCUT2D eigenvalue weighted by Gasteiger charge is -2.06. The fraction of sp³-hybridized carbons (Fsp3) is 0.333. The molecule has 0 fully saturated rings. The lowest BCUT2D eigenvalue weighted by molar-refractivity contribution is 0.629. The van der Waals surface area contributed by atoms with Crippen molar-refractivity contribution in [1.82, 2.24) is 14.1 Å². The van der Waals surface area contributed by atoms with Crippen molar-refractivity contribution in [1.29, 1.82) is 0 Å². The quantitative estimate of drug-likeness (QED) is 0.773. The van der Waals surface area contributed by atoms with E-state index >= 15 is 0 Å². The first kappa shape index (κ1) is 10.7. The molecule has 0 aliphatic carbocycles. The van der Waals surface area contributed by atoms with Crippen LogP contribution in [0.3, 0.4) is 0 Å². The third-order valence-corrected chi connectivity index (χ3v) is 2.71. The van der Waals surface area contributed by atoms with Crippen LogP contribution >= 0.6 is 0 Å².